The zero-order valence-corrected chi connectivity index (χ0v) is 8.74. The maximum Gasteiger partial charge on any atom is 0.0423 e. The summed E-state index contributed by atoms with van der Waals surface area (Å²) in [6, 6.07) is 10.7. The van der Waals surface area contributed by atoms with Gasteiger partial charge in [-0.2, -0.15) is 0 Å². The second-order valence-corrected chi connectivity index (χ2v) is 4.04. The van der Waals surface area contributed by atoms with Crippen LogP contribution in [0.5, 0.6) is 0 Å². The molecule has 0 aliphatic carbocycles. The third kappa shape index (κ3) is 2.38. The minimum atomic E-state index is 1.05. The van der Waals surface area contributed by atoms with Crippen molar-refractivity contribution in [2.24, 2.45) is 0 Å². The van der Waals surface area contributed by atoms with Gasteiger partial charge in [0.1, 0.15) is 0 Å². The van der Waals surface area contributed by atoms with Crippen LogP contribution < -0.4 is 0 Å². The average Bonchev–Trinajstić information content (AvgIpc) is 2.19. The standard InChI is InChI=1S/C13H17N/c1-12-6-5-9-14(10-12)11-13-7-3-2-4-8-13/h2-4,7-8,10H,5-6,9,11H2,1H3. The van der Waals surface area contributed by atoms with Crippen molar-refractivity contribution in [3.8, 4) is 0 Å². The van der Waals surface area contributed by atoms with E-state index in [1.807, 2.05) is 0 Å². The van der Waals surface area contributed by atoms with Gasteiger partial charge in [0.25, 0.3) is 0 Å². The van der Waals surface area contributed by atoms with Crippen LogP contribution in [-0.4, -0.2) is 11.4 Å². The van der Waals surface area contributed by atoms with Gasteiger partial charge in [-0.3, -0.25) is 0 Å². The van der Waals surface area contributed by atoms with Crippen molar-refractivity contribution in [3.63, 3.8) is 0 Å². The first-order valence-corrected chi connectivity index (χ1v) is 5.30. The van der Waals surface area contributed by atoms with Crippen molar-refractivity contribution in [2.75, 3.05) is 6.54 Å². The SMILES string of the molecule is CC1=CN(Cc2ccccc2)CCC1. The van der Waals surface area contributed by atoms with Gasteiger partial charge in [-0.1, -0.05) is 35.9 Å². The Morgan fingerprint density at radius 1 is 1.21 bits per heavy atom. The van der Waals surface area contributed by atoms with E-state index in [1.54, 1.807) is 0 Å². The highest BCUT2D eigenvalue weighted by Gasteiger charge is 2.07. The summed E-state index contributed by atoms with van der Waals surface area (Å²) < 4.78 is 0. The molecule has 1 aliphatic heterocycles. The highest BCUT2D eigenvalue weighted by atomic mass is 15.1. The van der Waals surface area contributed by atoms with Gasteiger partial charge < -0.3 is 4.90 Å². The minimum absolute atomic E-state index is 1.05. The van der Waals surface area contributed by atoms with Gasteiger partial charge >= 0.3 is 0 Å². The predicted octanol–water partition coefficient (Wildman–Crippen LogP) is 3.19. The zero-order valence-electron chi connectivity index (χ0n) is 8.74. The van der Waals surface area contributed by atoms with Crippen molar-refractivity contribution in [1.82, 2.24) is 4.90 Å². The Morgan fingerprint density at radius 3 is 2.71 bits per heavy atom. The summed E-state index contributed by atoms with van der Waals surface area (Å²) in [4.78, 5) is 2.41. The molecule has 0 saturated carbocycles. The number of allylic oxidation sites excluding steroid dienone is 1. The molecule has 74 valence electrons. The third-order valence-corrected chi connectivity index (χ3v) is 2.65. The molecule has 1 aliphatic rings. The number of nitrogens with zero attached hydrogens (tertiary/aromatic N) is 1. The molecule has 1 heteroatoms. The van der Waals surface area contributed by atoms with Crippen molar-refractivity contribution in [2.45, 2.75) is 26.3 Å². The fourth-order valence-corrected chi connectivity index (χ4v) is 1.94. The summed E-state index contributed by atoms with van der Waals surface area (Å²) >= 11 is 0. The Hall–Kier alpha value is -1.24. The molecular formula is C13H17N. The van der Waals surface area contributed by atoms with E-state index in [0.717, 1.165) is 6.54 Å². The quantitative estimate of drug-likeness (QED) is 0.687. The van der Waals surface area contributed by atoms with E-state index >= 15 is 0 Å². The normalized spacial score (nSPS) is 16.6. The second kappa shape index (κ2) is 4.32. The van der Waals surface area contributed by atoms with Crippen LogP contribution in [-0.2, 0) is 6.54 Å². The molecule has 0 spiro atoms. The van der Waals surface area contributed by atoms with Crippen LogP contribution in [0.15, 0.2) is 42.1 Å². The van der Waals surface area contributed by atoms with Gasteiger partial charge in [0, 0.05) is 13.1 Å². The van der Waals surface area contributed by atoms with Crippen LogP contribution in [0.2, 0.25) is 0 Å². The summed E-state index contributed by atoms with van der Waals surface area (Å²) in [6.07, 6.45) is 4.87. The first-order valence-electron chi connectivity index (χ1n) is 5.30. The molecule has 0 radical (unpaired) electrons. The highest BCUT2D eigenvalue weighted by molar-refractivity contribution is 5.15. The maximum absolute atomic E-state index is 2.41. The molecule has 14 heavy (non-hydrogen) atoms. The van der Waals surface area contributed by atoms with Gasteiger partial charge in [-0.15, -0.1) is 0 Å². The monoisotopic (exact) mass is 187 g/mol. The molecule has 0 N–H and O–H groups in total. The van der Waals surface area contributed by atoms with E-state index in [9.17, 15) is 0 Å². The Kier molecular flexibility index (Phi) is 2.87. The van der Waals surface area contributed by atoms with Gasteiger partial charge in [-0.25, -0.2) is 0 Å². The van der Waals surface area contributed by atoms with Crippen LogP contribution in [0.3, 0.4) is 0 Å². The number of benzene rings is 1. The van der Waals surface area contributed by atoms with Crippen LogP contribution in [0.4, 0.5) is 0 Å². The minimum Gasteiger partial charge on any atom is -0.373 e. The molecule has 0 amide bonds. The van der Waals surface area contributed by atoms with Gasteiger partial charge in [0.15, 0.2) is 0 Å². The fourth-order valence-electron chi connectivity index (χ4n) is 1.94. The Morgan fingerprint density at radius 2 is 2.00 bits per heavy atom. The smallest absolute Gasteiger partial charge is 0.0423 e. The number of hydrogen-bond acceptors (Lipinski definition) is 1. The lowest BCUT2D eigenvalue weighted by Crippen LogP contribution is -2.21. The van der Waals surface area contributed by atoms with E-state index in [1.165, 1.54) is 30.5 Å². The topological polar surface area (TPSA) is 3.24 Å². The largest absolute Gasteiger partial charge is 0.373 e. The van der Waals surface area contributed by atoms with Crippen LogP contribution in [0.25, 0.3) is 0 Å². The molecule has 1 aromatic carbocycles. The molecule has 0 aromatic heterocycles. The predicted molar refractivity (Wildman–Crippen MR) is 59.8 cm³/mol. The summed E-state index contributed by atoms with van der Waals surface area (Å²) in [5.41, 5.74) is 2.91. The Labute approximate surface area is 86.1 Å². The number of rotatable bonds is 2. The van der Waals surface area contributed by atoms with Crippen LogP contribution >= 0.6 is 0 Å². The van der Waals surface area contributed by atoms with Gasteiger partial charge in [0.05, 0.1) is 0 Å². The lowest BCUT2D eigenvalue weighted by molar-refractivity contribution is 0.341. The first-order chi connectivity index (χ1) is 6.84. The molecule has 1 nitrogen and oxygen atoms in total. The van der Waals surface area contributed by atoms with Crippen LogP contribution in [0, 0.1) is 0 Å². The highest BCUT2D eigenvalue weighted by Crippen LogP contribution is 2.15. The van der Waals surface area contributed by atoms with Crippen molar-refractivity contribution < 1.29 is 0 Å². The van der Waals surface area contributed by atoms with E-state index in [4.69, 9.17) is 0 Å². The van der Waals surface area contributed by atoms with Gasteiger partial charge in [0.2, 0.25) is 0 Å². The summed E-state index contributed by atoms with van der Waals surface area (Å²) in [6.45, 7) is 4.47. The maximum atomic E-state index is 2.41. The third-order valence-electron chi connectivity index (χ3n) is 2.65. The number of hydrogen-bond donors (Lipinski definition) is 0. The summed E-state index contributed by atoms with van der Waals surface area (Å²) in [7, 11) is 0. The van der Waals surface area contributed by atoms with Crippen molar-refractivity contribution in [1.29, 1.82) is 0 Å². The van der Waals surface area contributed by atoms with Crippen LogP contribution in [0.1, 0.15) is 25.3 Å². The molecule has 0 fully saturated rings. The van der Waals surface area contributed by atoms with Gasteiger partial charge in [-0.05, 0) is 31.5 Å². The van der Waals surface area contributed by atoms with E-state index in [-0.39, 0.29) is 0 Å². The Bertz CT molecular complexity index is 313. The molecule has 0 bridgehead atoms. The second-order valence-electron chi connectivity index (χ2n) is 4.04. The lowest BCUT2D eigenvalue weighted by atomic mass is 10.1. The lowest BCUT2D eigenvalue weighted by Gasteiger charge is -2.25. The fraction of sp³-hybridized carbons (Fsp3) is 0.385. The molecule has 0 atom stereocenters. The van der Waals surface area contributed by atoms with Crippen molar-refractivity contribution >= 4 is 0 Å². The first kappa shape index (κ1) is 9.32. The zero-order chi connectivity index (χ0) is 9.80. The van der Waals surface area contributed by atoms with E-state index in [0.29, 0.717) is 0 Å². The summed E-state index contributed by atoms with van der Waals surface area (Å²) in [5.74, 6) is 0. The molecule has 1 heterocycles. The van der Waals surface area contributed by atoms with Crippen molar-refractivity contribution in [3.05, 3.63) is 47.7 Å². The van der Waals surface area contributed by atoms with E-state index < -0.39 is 0 Å². The average molecular weight is 187 g/mol. The van der Waals surface area contributed by atoms with E-state index in [2.05, 4.69) is 48.4 Å². The Balaban J connectivity index is 2.01. The molecule has 0 unspecified atom stereocenters. The molecule has 1 aromatic rings. The molecule has 2 rings (SSSR count). The molecular weight excluding hydrogens is 170 g/mol. The molecule has 0 saturated heterocycles. The summed E-state index contributed by atoms with van der Waals surface area (Å²) in [5, 5.41) is 0.